The standard InChI is InChI=1S/C46H31N5O/c1-47-46(49-45(31-14-4-2-5-15-31)48-29-30-24-27-42-38(28-30)35-20-10-13-23-41(35)52-42)51-40-22-12-9-19-34(40)37-26-25-36-33-18-8-11-21-39(33)50(43(36)44(37)51)32-16-6-3-7-17-32/h2-28H,1,29H2. The van der Waals surface area contributed by atoms with Crippen molar-refractivity contribution in [3.63, 3.8) is 0 Å². The van der Waals surface area contributed by atoms with E-state index in [0.29, 0.717) is 18.3 Å². The van der Waals surface area contributed by atoms with Crippen molar-refractivity contribution in [1.29, 1.82) is 0 Å². The fourth-order valence-electron chi connectivity index (χ4n) is 7.62. The van der Waals surface area contributed by atoms with Crippen LogP contribution in [-0.4, -0.2) is 27.6 Å². The average molecular weight is 670 g/mol. The molecule has 0 radical (unpaired) electrons. The van der Waals surface area contributed by atoms with Gasteiger partial charge in [0.15, 0.2) is 5.84 Å². The van der Waals surface area contributed by atoms with E-state index in [0.717, 1.165) is 77.0 Å². The topological polar surface area (TPSA) is 60.1 Å². The quantitative estimate of drug-likeness (QED) is 0.136. The molecule has 246 valence electrons. The Hall–Kier alpha value is -7.05. The van der Waals surface area contributed by atoms with Gasteiger partial charge < -0.3 is 8.98 Å². The Balaban J connectivity index is 1.22. The summed E-state index contributed by atoms with van der Waals surface area (Å²) in [7, 11) is 0. The van der Waals surface area contributed by atoms with E-state index >= 15 is 0 Å². The molecule has 0 amide bonds. The minimum Gasteiger partial charge on any atom is -0.456 e. The van der Waals surface area contributed by atoms with Crippen molar-refractivity contribution >= 4 is 84.1 Å². The molecule has 6 nitrogen and oxygen atoms in total. The number of fused-ring (bicyclic) bond motifs is 10. The molecule has 3 aromatic heterocycles. The molecule has 0 saturated carbocycles. The number of para-hydroxylation sites is 4. The molecule has 0 aliphatic heterocycles. The first-order chi connectivity index (χ1) is 25.8. The smallest absolute Gasteiger partial charge is 0.236 e. The van der Waals surface area contributed by atoms with Crippen LogP contribution in [0.15, 0.2) is 183 Å². The monoisotopic (exact) mass is 669 g/mol. The molecule has 0 unspecified atom stereocenters. The lowest BCUT2D eigenvalue weighted by molar-refractivity contribution is 0.669. The summed E-state index contributed by atoms with van der Waals surface area (Å²) in [4.78, 5) is 15.1. The molecule has 0 atom stereocenters. The fraction of sp³-hybridized carbons (Fsp3) is 0.0217. The molecule has 6 heteroatoms. The van der Waals surface area contributed by atoms with Gasteiger partial charge in [-0.25, -0.2) is 4.99 Å². The van der Waals surface area contributed by atoms with Crippen LogP contribution in [0.5, 0.6) is 0 Å². The number of aliphatic imine (C=N–C) groups is 3. The molecule has 52 heavy (non-hydrogen) atoms. The van der Waals surface area contributed by atoms with Crippen LogP contribution in [-0.2, 0) is 6.54 Å². The molecular weight excluding hydrogens is 639 g/mol. The van der Waals surface area contributed by atoms with Crippen LogP contribution in [0.1, 0.15) is 11.1 Å². The maximum absolute atomic E-state index is 6.09. The zero-order chi connectivity index (χ0) is 34.6. The van der Waals surface area contributed by atoms with E-state index in [2.05, 4.69) is 130 Å². The van der Waals surface area contributed by atoms with Crippen molar-refractivity contribution in [3.8, 4) is 5.69 Å². The van der Waals surface area contributed by atoms with Gasteiger partial charge in [0, 0.05) is 43.6 Å². The van der Waals surface area contributed by atoms with Crippen molar-refractivity contribution in [1.82, 2.24) is 9.13 Å². The zero-order valence-corrected chi connectivity index (χ0v) is 28.1. The van der Waals surface area contributed by atoms with Gasteiger partial charge in [0.1, 0.15) is 11.2 Å². The normalized spacial score (nSPS) is 12.6. The Bertz CT molecular complexity index is 3050. The SMILES string of the molecule is C=NC(=NC(=NCc1ccc2oc3ccccc3c2c1)c1ccccc1)n1c2ccccc2c2ccc3c4ccccc4n(-c4ccccc4)c3c21. The predicted octanol–water partition coefficient (Wildman–Crippen LogP) is 11.3. The maximum Gasteiger partial charge on any atom is 0.236 e. The largest absolute Gasteiger partial charge is 0.456 e. The van der Waals surface area contributed by atoms with E-state index in [1.807, 2.05) is 54.6 Å². The Morgan fingerprint density at radius 1 is 0.538 bits per heavy atom. The molecule has 10 aromatic rings. The van der Waals surface area contributed by atoms with Crippen LogP contribution in [0.25, 0.3) is 71.2 Å². The number of nitrogens with zero attached hydrogens (tertiary/aromatic N) is 5. The van der Waals surface area contributed by atoms with Crippen LogP contribution in [0.4, 0.5) is 0 Å². The molecule has 0 fully saturated rings. The molecule has 0 bridgehead atoms. The molecule has 10 rings (SSSR count). The Labute approximate surface area is 298 Å². The van der Waals surface area contributed by atoms with E-state index in [9.17, 15) is 0 Å². The summed E-state index contributed by atoms with van der Waals surface area (Å²) < 4.78 is 10.6. The summed E-state index contributed by atoms with van der Waals surface area (Å²) in [5, 5.41) is 6.72. The first-order valence-electron chi connectivity index (χ1n) is 17.3. The highest BCUT2D eigenvalue weighted by Gasteiger charge is 2.22. The van der Waals surface area contributed by atoms with Crippen LogP contribution >= 0.6 is 0 Å². The van der Waals surface area contributed by atoms with Gasteiger partial charge >= 0.3 is 0 Å². The summed E-state index contributed by atoms with van der Waals surface area (Å²) in [5.41, 5.74) is 8.98. The molecular formula is C46H31N5O. The number of aromatic nitrogens is 2. The van der Waals surface area contributed by atoms with Crippen LogP contribution < -0.4 is 0 Å². The minimum atomic E-state index is 0.424. The third kappa shape index (κ3) is 4.69. The van der Waals surface area contributed by atoms with Crippen molar-refractivity contribution in [2.24, 2.45) is 15.0 Å². The van der Waals surface area contributed by atoms with Crippen molar-refractivity contribution in [3.05, 3.63) is 175 Å². The number of rotatable bonds is 4. The molecule has 0 aliphatic rings. The second-order valence-electron chi connectivity index (χ2n) is 12.9. The second-order valence-corrected chi connectivity index (χ2v) is 12.9. The van der Waals surface area contributed by atoms with Crippen molar-refractivity contribution in [2.45, 2.75) is 6.54 Å². The molecule has 0 saturated heterocycles. The summed E-state index contributed by atoms with van der Waals surface area (Å²) in [5.74, 6) is 1.02. The highest BCUT2D eigenvalue weighted by Crippen LogP contribution is 2.40. The molecule has 7 aromatic carbocycles. The van der Waals surface area contributed by atoms with E-state index in [-0.39, 0.29) is 0 Å². The second kappa shape index (κ2) is 12.1. The fourth-order valence-corrected chi connectivity index (χ4v) is 7.62. The summed E-state index contributed by atoms with van der Waals surface area (Å²) in [6.45, 7) is 4.51. The average Bonchev–Trinajstić information content (AvgIpc) is 3.86. The number of amidine groups is 1. The summed E-state index contributed by atoms with van der Waals surface area (Å²) >= 11 is 0. The van der Waals surface area contributed by atoms with E-state index < -0.39 is 0 Å². The highest BCUT2D eigenvalue weighted by atomic mass is 16.3. The van der Waals surface area contributed by atoms with Crippen LogP contribution in [0.2, 0.25) is 0 Å². The van der Waals surface area contributed by atoms with Gasteiger partial charge in [0.05, 0.1) is 28.6 Å². The van der Waals surface area contributed by atoms with Crippen LogP contribution in [0, 0.1) is 0 Å². The zero-order valence-electron chi connectivity index (χ0n) is 28.1. The van der Waals surface area contributed by atoms with Crippen molar-refractivity contribution < 1.29 is 4.42 Å². The van der Waals surface area contributed by atoms with Gasteiger partial charge in [-0.2, -0.15) is 4.99 Å². The highest BCUT2D eigenvalue weighted by molar-refractivity contribution is 6.26. The predicted molar refractivity (Wildman–Crippen MR) is 217 cm³/mol. The van der Waals surface area contributed by atoms with Gasteiger partial charge in [-0.15, -0.1) is 0 Å². The lowest BCUT2D eigenvalue weighted by Gasteiger charge is -2.12. The molecule has 0 aliphatic carbocycles. The van der Waals surface area contributed by atoms with E-state index in [1.165, 1.54) is 5.39 Å². The number of furan rings is 1. The van der Waals surface area contributed by atoms with Gasteiger partial charge in [-0.05, 0) is 54.7 Å². The number of hydrogen-bond donors (Lipinski definition) is 0. The number of hydrogen-bond acceptors (Lipinski definition) is 2. The number of benzene rings is 7. The Morgan fingerprint density at radius 3 is 1.92 bits per heavy atom. The Morgan fingerprint density at radius 2 is 1.15 bits per heavy atom. The molecule has 0 N–H and O–H groups in total. The molecule has 3 heterocycles. The van der Waals surface area contributed by atoms with Gasteiger partial charge in [-0.3, -0.25) is 9.56 Å². The van der Waals surface area contributed by atoms with E-state index in [1.54, 1.807) is 0 Å². The Kier molecular flexibility index (Phi) is 6.93. The molecule has 0 spiro atoms. The van der Waals surface area contributed by atoms with Crippen LogP contribution in [0.3, 0.4) is 0 Å². The van der Waals surface area contributed by atoms with E-state index in [4.69, 9.17) is 14.4 Å². The summed E-state index contributed by atoms with van der Waals surface area (Å²) in [6, 6.07) is 56.5. The minimum absolute atomic E-state index is 0.424. The van der Waals surface area contributed by atoms with Gasteiger partial charge in [0.25, 0.3) is 0 Å². The lowest BCUT2D eigenvalue weighted by Crippen LogP contribution is -2.13. The van der Waals surface area contributed by atoms with Crippen molar-refractivity contribution in [2.75, 3.05) is 0 Å². The maximum atomic E-state index is 6.09. The van der Waals surface area contributed by atoms with Gasteiger partial charge in [-0.1, -0.05) is 121 Å². The first-order valence-corrected chi connectivity index (χ1v) is 17.3. The first kappa shape index (κ1) is 29.8. The lowest BCUT2D eigenvalue weighted by atomic mass is 10.1. The third-order valence-corrected chi connectivity index (χ3v) is 9.91. The van der Waals surface area contributed by atoms with Gasteiger partial charge in [0.2, 0.25) is 5.96 Å². The summed E-state index contributed by atoms with van der Waals surface area (Å²) in [6.07, 6.45) is 0. The third-order valence-electron chi connectivity index (χ3n) is 9.91.